The first-order valence-corrected chi connectivity index (χ1v) is 7.30. The van der Waals surface area contributed by atoms with Crippen LogP contribution in [0.4, 0.5) is 0 Å². The van der Waals surface area contributed by atoms with Gasteiger partial charge in [-0.2, -0.15) is 0 Å². The van der Waals surface area contributed by atoms with Crippen molar-refractivity contribution >= 4 is 5.97 Å². The number of aliphatic carboxylic acids is 1. The summed E-state index contributed by atoms with van der Waals surface area (Å²) >= 11 is 0. The van der Waals surface area contributed by atoms with Crippen LogP contribution in [0.3, 0.4) is 0 Å². The van der Waals surface area contributed by atoms with Crippen molar-refractivity contribution in [2.45, 2.75) is 39.0 Å². The van der Waals surface area contributed by atoms with Crippen LogP contribution in [-0.2, 0) is 4.79 Å². The highest BCUT2D eigenvalue weighted by atomic mass is 16.4. The van der Waals surface area contributed by atoms with Crippen molar-refractivity contribution in [3.8, 4) is 0 Å². The number of carboxylic acid groups (broad SMARTS) is 1. The SMILES string of the molecule is CCN1CCCC2(CCCN(CCC(=O)O)C2)C1. The molecule has 2 aliphatic rings. The molecule has 2 rings (SSSR count). The van der Waals surface area contributed by atoms with Crippen molar-refractivity contribution in [2.24, 2.45) is 5.41 Å². The van der Waals surface area contributed by atoms with Crippen molar-refractivity contribution in [1.82, 2.24) is 9.80 Å². The Labute approximate surface area is 110 Å². The summed E-state index contributed by atoms with van der Waals surface area (Å²) in [6.07, 6.45) is 5.48. The lowest BCUT2D eigenvalue weighted by atomic mass is 9.73. The predicted molar refractivity (Wildman–Crippen MR) is 71.7 cm³/mol. The minimum atomic E-state index is -0.673. The number of nitrogens with zero attached hydrogens (tertiary/aromatic N) is 2. The zero-order valence-corrected chi connectivity index (χ0v) is 11.5. The summed E-state index contributed by atoms with van der Waals surface area (Å²) in [4.78, 5) is 15.6. The molecule has 0 bridgehead atoms. The highest BCUT2D eigenvalue weighted by Crippen LogP contribution is 2.38. The molecule has 1 spiro atoms. The third-order valence-electron chi connectivity index (χ3n) is 4.57. The first-order valence-electron chi connectivity index (χ1n) is 7.30. The van der Waals surface area contributed by atoms with E-state index < -0.39 is 5.97 Å². The van der Waals surface area contributed by atoms with Gasteiger partial charge in [0.25, 0.3) is 0 Å². The molecule has 1 atom stereocenters. The monoisotopic (exact) mass is 254 g/mol. The van der Waals surface area contributed by atoms with Gasteiger partial charge in [0.1, 0.15) is 0 Å². The molecular formula is C14H26N2O2. The fourth-order valence-corrected chi connectivity index (χ4v) is 3.67. The fourth-order valence-electron chi connectivity index (χ4n) is 3.67. The number of likely N-dealkylation sites (tertiary alicyclic amines) is 2. The van der Waals surface area contributed by atoms with Crippen LogP contribution in [0.2, 0.25) is 0 Å². The van der Waals surface area contributed by atoms with Gasteiger partial charge in [-0.1, -0.05) is 6.92 Å². The molecule has 0 aromatic heterocycles. The van der Waals surface area contributed by atoms with Crippen LogP contribution in [0, 0.1) is 5.41 Å². The van der Waals surface area contributed by atoms with E-state index in [4.69, 9.17) is 5.11 Å². The van der Waals surface area contributed by atoms with Crippen LogP contribution in [0.15, 0.2) is 0 Å². The number of piperidine rings is 2. The molecule has 2 aliphatic heterocycles. The van der Waals surface area contributed by atoms with Crippen molar-refractivity contribution in [2.75, 3.05) is 39.3 Å². The van der Waals surface area contributed by atoms with Gasteiger partial charge < -0.3 is 14.9 Å². The Morgan fingerprint density at radius 1 is 1.17 bits per heavy atom. The lowest BCUT2D eigenvalue weighted by molar-refractivity contribution is -0.137. The van der Waals surface area contributed by atoms with Gasteiger partial charge in [0.15, 0.2) is 0 Å². The summed E-state index contributed by atoms with van der Waals surface area (Å²) in [5.74, 6) is -0.673. The second kappa shape index (κ2) is 6.02. The molecule has 0 aromatic carbocycles. The van der Waals surface area contributed by atoms with Crippen LogP contribution in [0.1, 0.15) is 39.0 Å². The summed E-state index contributed by atoms with van der Waals surface area (Å²) in [7, 11) is 0. The summed E-state index contributed by atoms with van der Waals surface area (Å²) in [6.45, 7) is 8.77. The predicted octanol–water partition coefficient (Wildman–Crippen LogP) is 1.66. The van der Waals surface area contributed by atoms with E-state index >= 15 is 0 Å². The van der Waals surface area contributed by atoms with Crippen LogP contribution in [0.5, 0.6) is 0 Å². The molecule has 2 saturated heterocycles. The summed E-state index contributed by atoms with van der Waals surface area (Å²) < 4.78 is 0. The Kier molecular flexibility index (Phi) is 4.62. The molecule has 2 heterocycles. The van der Waals surface area contributed by atoms with Gasteiger partial charge in [0, 0.05) is 19.6 Å². The first-order chi connectivity index (χ1) is 8.63. The number of carboxylic acids is 1. The third-order valence-corrected chi connectivity index (χ3v) is 4.57. The third kappa shape index (κ3) is 3.45. The summed E-state index contributed by atoms with van der Waals surface area (Å²) in [6, 6.07) is 0. The summed E-state index contributed by atoms with van der Waals surface area (Å²) in [5.41, 5.74) is 0.449. The van der Waals surface area contributed by atoms with E-state index in [0.717, 1.165) is 26.2 Å². The minimum Gasteiger partial charge on any atom is -0.481 e. The second-order valence-electron chi connectivity index (χ2n) is 6.00. The van der Waals surface area contributed by atoms with Crippen LogP contribution in [0.25, 0.3) is 0 Å². The van der Waals surface area contributed by atoms with E-state index in [2.05, 4.69) is 16.7 Å². The molecule has 0 aliphatic carbocycles. The van der Waals surface area contributed by atoms with Crippen molar-refractivity contribution in [3.05, 3.63) is 0 Å². The molecule has 18 heavy (non-hydrogen) atoms. The second-order valence-corrected chi connectivity index (χ2v) is 6.00. The number of hydrogen-bond donors (Lipinski definition) is 1. The molecule has 0 aromatic rings. The van der Waals surface area contributed by atoms with Gasteiger partial charge in [0.05, 0.1) is 6.42 Å². The Balaban J connectivity index is 1.90. The minimum absolute atomic E-state index is 0.285. The zero-order chi connectivity index (χ0) is 13.0. The highest BCUT2D eigenvalue weighted by Gasteiger charge is 2.38. The average molecular weight is 254 g/mol. The van der Waals surface area contributed by atoms with E-state index in [1.54, 1.807) is 0 Å². The maximum Gasteiger partial charge on any atom is 0.304 e. The van der Waals surface area contributed by atoms with E-state index in [1.807, 2.05) is 0 Å². The topological polar surface area (TPSA) is 43.8 Å². The largest absolute Gasteiger partial charge is 0.481 e. The smallest absolute Gasteiger partial charge is 0.304 e. The molecule has 4 heteroatoms. The quantitative estimate of drug-likeness (QED) is 0.828. The van der Waals surface area contributed by atoms with Gasteiger partial charge in [-0.25, -0.2) is 0 Å². The van der Waals surface area contributed by atoms with Gasteiger partial charge in [-0.3, -0.25) is 4.79 Å². The lowest BCUT2D eigenvalue weighted by Gasteiger charge is -2.48. The molecule has 1 N–H and O–H groups in total. The summed E-state index contributed by atoms with van der Waals surface area (Å²) in [5, 5.41) is 8.79. The van der Waals surface area contributed by atoms with Crippen LogP contribution < -0.4 is 0 Å². The molecule has 0 radical (unpaired) electrons. The zero-order valence-electron chi connectivity index (χ0n) is 11.5. The molecule has 4 nitrogen and oxygen atoms in total. The molecule has 0 amide bonds. The molecular weight excluding hydrogens is 228 g/mol. The van der Waals surface area contributed by atoms with E-state index in [-0.39, 0.29) is 6.42 Å². The van der Waals surface area contributed by atoms with Gasteiger partial charge >= 0.3 is 5.97 Å². The van der Waals surface area contributed by atoms with Crippen LogP contribution in [-0.4, -0.2) is 60.1 Å². The normalized spacial score (nSPS) is 30.7. The lowest BCUT2D eigenvalue weighted by Crippen LogP contribution is -2.52. The van der Waals surface area contributed by atoms with E-state index in [1.165, 1.54) is 38.8 Å². The maximum atomic E-state index is 10.7. The van der Waals surface area contributed by atoms with Gasteiger partial charge in [0.2, 0.25) is 0 Å². The Hall–Kier alpha value is -0.610. The number of carbonyl (C=O) groups is 1. The Morgan fingerprint density at radius 3 is 2.39 bits per heavy atom. The highest BCUT2D eigenvalue weighted by molar-refractivity contribution is 5.66. The van der Waals surface area contributed by atoms with Crippen molar-refractivity contribution < 1.29 is 9.90 Å². The molecule has 1 unspecified atom stereocenters. The van der Waals surface area contributed by atoms with E-state index in [9.17, 15) is 4.79 Å². The van der Waals surface area contributed by atoms with E-state index in [0.29, 0.717) is 5.41 Å². The molecule has 0 saturated carbocycles. The Morgan fingerprint density at radius 2 is 1.78 bits per heavy atom. The Bertz CT molecular complexity index is 292. The number of rotatable bonds is 4. The average Bonchev–Trinajstić information content (AvgIpc) is 2.36. The van der Waals surface area contributed by atoms with Crippen molar-refractivity contribution in [3.63, 3.8) is 0 Å². The van der Waals surface area contributed by atoms with Crippen molar-refractivity contribution in [1.29, 1.82) is 0 Å². The fraction of sp³-hybridized carbons (Fsp3) is 0.929. The maximum absolute atomic E-state index is 10.7. The first kappa shape index (κ1) is 13.8. The molecule has 104 valence electrons. The number of hydrogen-bond acceptors (Lipinski definition) is 3. The van der Waals surface area contributed by atoms with Crippen LogP contribution >= 0.6 is 0 Å². The van der Waals surface area contributed by atoms with Gasteiger partial charge in [-0.05, 0) is 50.7 Å². The van der Waals surface area contributed by atoms with Gasteiger partial charge in [-0.15, -0.1) is 0 Å². The standard InChI is InChI=1S/C14H26N2O2/c1-2-15-8-3-6-14(11-15)7-4-9-16(12-14)10-5-13(17)18/h2-12H2,1H3,(H,17,18). The molecule has 2 fully saturated rings.